The van der Waals surface area contributed by atoms with Crippen molar-refractivity contribution in [3.63, 3.8) is 0 Å². The molecule has 1 aliphatic heterocycles. The molecular formula is C18H17NO3. The van der Waals surface area contributed by atoms with E-state index in [-0.39, 0.29) is 40.9 Å². The van der Waals surface area contributed by atoms with Crippen LogP contribution in [0.2, 0.25) is 0 Å². The summed E-state index contributed by atoms with van der Waals surface area (Å²) >= 11 is 0. The second-order valence-electron chi connectivity index (χ2n) is 6.93. The minimum absolute atomic E-state index is 0.0219. The lowest BCUT2D eigenvalue weighted by Gasteiger charge is -2.22. The van der Waals surface area contributed by atoms with Crippen LogP contribution >= 0.6 is 0 Å². The van der Waals surface area contributed by atoms with Gasteiger partial charge < -0.3 is 4.74 Å². The Bertz CT molecular complexity index is 700. The minimum Gasteiger partial charge on any atom is -0.497 e. The number of hydrogen-bond acceptors (Lipinski definition) is 3. The maximum absolute atomic E-state index is 12.9. The fraction of sp³-hybridized carbons (Fsp3) is 0.444. The van der Waals surface area contributed by atoms with Gasteiger partial charge in [0.1, 0.15) is 5.75 Å². The van der Waals surface area contributed by atoms with E-state index in [1.54, 1.807) is 13.2 Å². The Hall–Kier alpha value is -2.10. The summed E-state index contributed by atoms with van der Waals surface area (Å²) in [6.45, 7) is 0. The van der Waals surface area contributed by atoms with Crippen LogP contribution in [0, 0.1) is 29.1 Å². The largest absolute Gasteiger partial charge is 0.497 e. The lowest BCUT2D eigenvalue weighted by Crippen LogP contribution is -2.34. The maximum Gasteiger partial charge on any atom is 0.238 e. The molecule has 0 aromatic heterocycles. The van der Waals surface area contributed by atoms with Crippen LogP contribution in [0.1, 0.15) is 12.8 Å². The van der Waals surface area contributed by atoms with Gasteiger partial charge in [0.2, 0.25) is 11.8 Å². The Labute approximate surface area is 128 Å². The molecule has 1 saturated heterocycles. The molecule has 1 heterocycles. The second-order valence-corrected chi connectivity index (χ2v) is 6.93. The van der Waals surface area contributed by atoms with Crippen molar-refractivity contribution in [3.8, 4) is 5.75 Å². The van der Waals surface area contributed by atoms with Gasteiger partial charge in [-0.1, -0.05) is 18.2 Å². The van der Waals surface area contributed by atoms with Gasteiger partial charge in [0, 0.05) is 6.07 Å². The predicted molar refractivity (Wildman–Crippen MR) is 80.3 cm³/mol. The molecule has 0 N–H and O–H groups in total. The third kappa shape index (κ3) is 1.25. The molecule has 5 rings (SSSR count). The molecule has 2 amide bonds. The molecule has 4 nitrogen and oxygen atoms in total. The summed E-state index contributed by atoms with van der Waals surface area (Å²) in [5.74, 6) is 0.879. The smallest absolute Gasteiger partial charge is 0.238 e. The van der Waals surface area contributed by atoms with E-state index in [0.717, 1.165) is 0 Å². The van der Waals surface area contributed by atoms with Crippen LogP contribution < -0.4 is 9.64 Å². The molecule has 2 saturated carbocycles. The Morgan fingerprint density at radius 3 is 2.27 bits per heavy atom. The minimum atomic E-state index is -0.142. The van der Waals surface area contributed by atoms with Crippen LogP contribution in [-0.4, -0.2) is 18.9 Å². The summed E-state index contributed by atoms with van der Waals surface area (Å²) < 4.78 is 5.21. The third-order valence-electron chi connectivity index (χ3n) is 6.16. The first kappa shape index (κ1) is 12.4. The molecular weight excluding hydrogens is 278 g/mol. The van der Waals surface area contributed by atoms with Crippen molar-refractivity contribution in [1.82, 2.24) is 0 Å². The van der Waals surface area contributed by atoms with Crippen molar-refractivity contribution < 1.29 is 14.3 Å². The van der Waals surface area contributed by atoms with Gasteiger partial charge in [-0.3, -0.25) is 9.59 Å². The number of benzene rings is 1. The van der Waals surface area contributed by atoms with Gasteiger partial charge in [-0.15, -0.1) is 0 Å². The highest BCUT2D eigenvalue weighted by atomic mass is 16.5. The molecule has 4 atom stereocenters. The normalized spacial score (nSPS) is 36.3. The summed E-state index contributed by atoms with van der Waals surface area (Å²) in [5.41, 5.74) is 0.884. The molecule has 112 valence electrons. The van der Waals surface area contributed by atoms with E-state index >= 15 is 0 Å². The van der Waals surface area contributed by atoms with Gasteiger partial charge in [0.15, 0.2) is 0 Å². The number of imide groups is 1. The second kappa shape index (κ2) is 3.80. The Morgan fingerprint density at radius 2 is 1.73 bits per heavy atom. The van der Waals surface area contributed by atoms with Crippen LogP contribution in [0.3, 0.4) is 0 Å². The van der Waals surface area contributed by atoms with E-state index in [1.165, 1.54) is 17.7 Å². The zero-order valence-electron chi connectivity index (χ0n) is 12.4. The number of anilines is 1. The van der Waals surface area contributed by atoms with E-state index in [2.05, 4.69) is 12.2 Å². The van der Waals surface area contributed by atoms with Crippen molar-refractivity contribution in [1.29, 1.82) is 0 Å². The van der Waals surface area contributed by atoms with Gasteiger partial charge in [-0.2, -0.15) is 0 Å². The van der Waals surface area contributed by atoms with Crippen molar-refractivity contribution in [2.45, 2.75) is 12.8 Å². The molecule has 2 unspecified atom stereocenters. The van der Waals surface area contributed by atoms with Gasteiger partial charge >= 0.3 is 0 Å². The lowest BCUT2D eigenvalue weighted by molar-refractivity contribution is -0.123. The monoisotopic (exact) mass is 295 g/mol. The average Bonchev–Trinajstić information content (AvgIpc) is 3.13. The van der Waals surface area contributed by atoms with Crippen LogP contribution in [0.15, 0.2) is 36.4 Å². The Kier molecular flexibility index (Phi) is 2.15. The van der Waals surface area contributed by atoms with Crippen LogP contribution in [0.5, 0.6) is 5.75 Å². The molecule has 4 aliphatic rings. The topological polar surface area (TPSA) is 46.6 Å². The van der Waals surface area contributed by atoms with Gasteiger partial charge in [0.25, 0.3) is 0 Å². The van der Waals surface area contributed by atoms with E-state index in [4.69, 9.17) is 4.74 Å². The zero-order valence-corrected chi connectivity index (χ0v) is 12.4. The van der Waals surface area contributed by atoms with E-state index in [0.29, 0.717) is 11.4 Å². The SMILES string of the molecule is COc1cccc(N2C(=O)C3C(C2=O)[C@H]2C=C[C@H]3C23CC3)c1. The molecule has 2 bridgehead atoms. The highest BCUT2D eigenvalue weighted by molar-refractivity contribution is 6.23. The number of carbonyl (C=O) groups is 2. The van der Waals surface area contributed by atoms with Crippen LogP contribution in [0.25, 0.3) is 0 Å². The zero-order chi connectivity index (χ0) is 15.1. The van der Waals surface area contributed by atoms with Gasteiger partial charge in [0.05, 0.1) is 24.6 Å². The molecule has 3 aliphatic carbocycles. The molecule has 1 spiro atoms. The van der Waals surface area contributed by atoms with Crippen molar-refractivity contribution in [2.75, 3.05) is 12.0 Å². The first-order valence-electron chi connectivity index (χ1n) is 7.87. The average molecular weight is 295 g/mol. The number of amides is 2. The summed E-state index contributed by atoms with van der Waals surface area (Å²) in [6, 6.07) is 7.21. The summed E-state index contributed by atoms with van der Waals surface area (Å²) in [6.07, 6.45) is 6.72. The number of carbonyl (C=O) groups excluding carboxylic acids is 2. The van der Waals surface area contributed by atoms with Crippen LogP contribution in [0.4, 0.5) is 5.69 Å². The lowest BCUT2D eigenvalue weighted by atomic mass is 9.85. The summed E-state index contributed by atoms with van der Waals surface area (Å²) in [7, 11) is 1.59. The number of nitrogens with zero attached hydrogens (tertiary/aromatic N) is 1. The number of allylic oxidation sites excluding steroid dienone is 2. The maximum atomic E-state index is 12.9. The highest BCUT2D eigenvalue weighted by Crippen LogP contribution is 2.73. The quantitative estimate of drug-likeness (QED) is 0.622. The first-order chi connectivity index (χ1) is 10.7. The molecule has 0 radical (unpaired) electrons. The van der Waals surface area contributed by atoms with E-state index in [9.17, 15) is 9.59 Å². The van der Waals surface area contributed by atoms with Crippen molar-refractivity contribution in [3.05, 3.63) is 36.4 Å². The summed E-state index contributed by atoms with van der Waals surface area (Å²) in [5, 5.41) is 0. The molecule has 4 heteroatoms. The van der Waals surface area contributed by atoms with E-state index < -0.39 is 0 Å². The van der Waals surface area contributed by atoms with E-state index in [1.807, 2.05) is 18.2 Å². The molecule has 3 fully saturated rings. The Morgan fingerprint density at radius 1 is 1.09 bits per heavy atom. The predicted octanol–water partition coefficient (Wildman–Crippen LogP) is 2.40. The third-order valence-corrected chi connectivity index (χ3v) is 6.16. The summed E-state index contributed by atoms with van der Waals surface area (Å²) in [4.78, 5) is 27.3. The first-order valence-corrected chi connectivity index (χ1v) is 7.87. The van der Waals surface area contributed by atoms with Crippen LogP contribution in [-0.2, 0) is 9.59 Å². The highest BCUT2D eigenvalue weighted by Gasteiger charge is 2.73. The number of fused-ring (bicyclic) bond motifs is 3. The number of rotatable bonds is 2. The number of ether oxygens (including phenoxy) is 1. The van der Waals surface area contributed by atoms with Gasteiger partial charge in [-0.05, 0) is 42.2 Å². The fourth-order valence-corrected chi connectivity index (χ4v) is 5.08. The Balaban J connectivity index is 1.56. The molecule has 22 heavy (non-hydrogen) atoms. The molecule has 1 aromatic carbocycles. The standard InChI is InChI=1S/C18H17NO3/c1-22-11-4-2-3-10(9-11)19-16(20)14-12-5-6-13(15(14)17(19)21)18(12)7-8-18/h2-6,9,12-15H,7-8H2,1H3/t12-,13-,14?,15?/m1/s1. The number of hydrogen-bond donors (Lipinski definition) is 0. The van der Waals surface area contributed by atoms with Crippen molar-refractivity contribution >= 4 is 17.5 Å². The molecule has 1 aromatic rings. The van der Waals surface area contributed by atoms with Gasteiger partial charge in [-0.25, -0.2) is 4.90 Å². The number of methoxy groups -OCH3 is 1. The van der Waals surface area contributed by atoms with Crippen molar-refractivity contribution in [2.24, 2.45) is 29.1 Å². The fourth-order valence-electron chi connectivity index (χ4n) is 5.08.